The van der Waals surface area contributed by atoms with Gasteiger partial charge in [0.15, 0.2) is 11.7 Å². The summed E-state index contributed by atoms with van der Waals surface area (Å²) in [4.78, 5) is 9.05. The minimum Gasteiger partial charge on any atom is -0.444 e. The lowest BCUT2D eigenvalue weighted by Crippen LogP contribution is -2.38. The van der Waals surface area contributed by atoms with Gasteiger partial charge in [-0.15, -0.1) is 0 Å². The number of rotatable bonds is 10. The van der Waals surface area contributed by atoms with Crippen LogP contribution in [-0.2, 0) is 13.0 Å². The van der Waals surface area contributed by atoms with Gasteiger partial charge in [-0.1, -0.05) is 19.0 Å². The van der Waals surface area contributed by atoms with Crippen LogP contribution in [0.3, 0.4) is 0 Å². The van der Waals surface area contributed by atoms with Crippen molar-refractivity contribution in [3.8, 4) is 11.5 Å². The van der Waals surface area contributed by atoms with E-state index < -0.39 is 0 Å². The molecule has 1 aromatic carbocycles. The Labute approximate surface area is 182 Å². The number of halogens is 1. The molecule has 0 bridgehead atoms. The van der Waals surface area contributed by atoms with E-state index in [1.165, 1.54) is 12.1 Å². The van der Waals surface area contributed by atoms with E-state index >= 15 is 0 Å². The fraction of sp³-hybridized carbons (Fsp3) is 0.435. The highest BCUT2D eigenvalue weighted by Crippen LogP contribution is 2.22. The third kappa shape index (κ3) is 6.41. The van der Waals surface area contributed by atoms with Gasteiger partial charge >= 0.3 is 0 Å². The van der Waals surface area contributed by atoms with E-state index in [-0.39, 0.29) is 5.82 Å². The second-order valence-electron chi connectivity index (χ2n) is 7.25. The molecule has 0 aliphatic rings. The van der Waals surface area contributed by atoms with Crippen molar-refractivity contribution in [2.45, 2.75) is 52.5 Å². The molecule has 2 aromatic heterocycles. The van der Waals surface area contributed by atoms with Crippen molar-refractivity contribution in [3.05, 3.63) is 59.6 Å². The van der Waals surface area contributed by atoms with Crippen LogP contribution in [-0.4, -0.2) is 29.2 Å². The van der Waals surface area contributed by atoms with Crippen LogP contribution in [0.1, 0.15) is 56.7 Å². The molecule has 31 heavy (non-hydrogen) atoms. The Morgan fingerprint density at radius 2 is 1.90 bits per heavy atom. The predicted molar refractivity (Wildman–Crippen MR) is 118 cm³/mol. The second kappa shape index (κ2) is 11.3. The summed E-state index contributed by atoms with van der Waals surface area (Å²) in [7, 11) is 0. The maximum atomic E-state index is 13.1. The van der Waals surface area contributed by atoms with Gasteiger partial charge < -0.3 is 19.6 Å². The van der Waals surface area contributed by atoms with Crippen molar-refractivity contribution in [2.24, 2.45) is 4.99 Å². The van der Waals surface area contributed by atoms with E-state index in [9.17, 15) is 4.39 Å². The number of guanidine groups is 1. The molecule has 3 aromatic rings. The monoisotopic (exact) mass is 427 g/mol. The van der Waals surface area contributed by atoms with E-state index in [0.717, 1.165) is 42.1 Å². The Bertz CT molecular complexity index is 961. The van der Waals surface area contributed by atoms with Crippen molar-refractivity contribution in [1.29, 1.82) is 0 Å². The van der Waals surface area contributed by atoms with Crippen LogP contribution >= 0.6 is 0 Å². The molecule has 7 nitrogen and oxygen atoms in total. The van der Waals surface area contributed by atoms with Crippen LogP contribution in [0.5, 0.6) is 0 Å². The van der Waals surface area contributed by atoms with Gasteiger partial charge in [-0.2, -0.15) is 0 Å². The Morgan fingerprint density at radius 1 is 1.13 bits per heavy atom. The number of benzene rings is 1. The van der Waals surface area contributed by atoms with Crippen molar-refractivity contribution < 1.29 is 13.3 Å². The Kier molecular flexibility index (Phi) is 8.20. The van der Waals surface area contributed by atoms with Gasteiger partial charge in [0, 0.05) is 37.1 Å². The van der Waals surface area contributed by atoms with E-state index in [2.05, 4.69) is 39.6 Å². The van der Waals surface area contributed by atoms with Crippen molar-refractivity contribution in [3.63, 3.8) is 0 Å². The lowest BCUT2D eigenvalue weighted by molar-refractivity contribution is 0.372. The minimum absolute atomic E-state index is 0.285. The van der Waals surface area contributed by atoms with Crippen LogP contribution in [0.2, 0.25) is 0 Å². The molecule has 0 saturated heterocycles. The summed E-state index contributed by atoms with van der Waals surface area (Å²) in [5.41, 5.74) is 2.55. The molecule has 0 saturated carbocycles. The van der Waals surface area contributed by atoms with Crippen LogP contribution in [0, 0.1) is 5.82 Å². The molecule has 0 spiro atoms. The number of nitrogens with one attached hydrogen (secondary N) is 2. The van der Waals surface area contributed by atoms with Crippen molar-refractivity contribution >= 4 is 5.96 Å². The first-order chi connectivity index (χ1) is 15.1. The standard InChI is InChI=1S/C23H30FN5O2/c1-4-16(5-2)21-13-20(31-29-21)14-27-23(25-6-3)26-12-11-19-15-30-22(28-19)17-7-9-18(24)10-8-17/h7-10,13,15-16H,4-6,11-12,14H2,1-3H3,(H2,25,26,27). The molecule has 0 radical (unpaired) electrons. The first-order valence-corrected chi connectivity index (χ1v) is 10.8. The van der Waals surface area contributed by atoms with Crippen LogP contribution in [0.25, 0.3) is 11.5 Å². The van der Waals surface area contributed by atoms with Gasteiger partial charge in [-0.25, -0.2) is 14.4 Å². The maximum Gasteiger partial charge on any atom is 0.226 e. The highest BCUT2D eigenvalue weighted by Gasteiger charge is 2.13. The summed E-state index contributed by atoms with van der Waals surface area (Å²) in [5.74, 6) is 2.07. The van der Waals surface area contributed by atoms with Crippen LogP contribution < -0.4 is 10.6 Å². The molecule has 2 heterocycles. The second-order valence-corrected chi connectivity index (χ2v) is 7.25. The maximum absolute atomic E-state index is 13.1. The van der Waals surface area contributed by atoms with Crippen LogP contribution in [0.4, 0.5) is 4.39 Å². The zero-order valence-corrected chi connectivity index (χ0v) is 18.3. The molecule has 0 amide bonds. The van der Waals surface area contributed by atoms with Gasteiger partial charge in [-0.05, 0) is 44.0 Å². The number of aliphatic imine (C=N–C) groups is 1. The van der Waals surface area contributed by atoms with Gasteiger partial charge in [0.1, 0.15) is 18.6 Å². The predicted octanol–water partition coefficient (Wildman–Crippen LogP) is 4.67. The molecule has 8 heteroatoms. The Hall–Kier alpha value is -3.16. The molecule has 3 rings (SSSR count). The molecule has 166 valence electrons. The van der Waals surface area contributed by atoms with Gasteiger partial charge in [0.05, 0.1) is 11.4 Å². The molecule has 0 unspecified atom stereocenters. The van der Waals surface area contributed by atoms with Gasteiger partial charge in [-0.3, -0.25) is 0 Å². The minimum atomic E-state index is -0.285. The highest BCUT2D eigenvalue weighted by molar-refractivity contribution is 5.79. The largest absolute Gasteiger partial charge is 0.444 e. The first kappa shape index (κ1) is 22.5. The molecule has 0 fully saturated rings. The quantitative estimate of drug-likeness (QED) is 0.361. The number of oxazole rings is 1. The Balaban J connectivity index is 1.53. The summed E-state index contributed by atoms with van der Waals surface area (Å²) < 4.78 is 24.0. The average Bonchev–Trinajstić information content (AvgIpc) is 3.44. The van der Waals surface area contributed by atoms with Gasteiger partial charge in [0.2, 0.25) is 5.89 Å². The normalized spacial score (nSPS) is 11.8. The van der Waals surface area contributed by atoms with Crippen molar-refractivity contribution in [1.82, 2.24) is 20.8 Å². The molecule has 0 aliphatic heterocycles. The number of hydrogen-bond donors (Lipinski definition) is 2. The fourth-order valence-electron chi connectivity index (χ4n) is 3.26. The summed E-state index contributed by atoms with van der Waals surface area (Å²) in [6, 6.07) is 8.08. The number of nitrogens with zero attached hydrogens (tertiary/aromatic N) is 3. The lowest BCUT2D eigenvalue weighted by Gasteiger charge is -2.10. The fourth-order valence-corrected chi connectivity index (χ4v) is 3.26. The SMILES string of the molecule is CCNC(=NCc1cc(C(CC)CC)no1)NCCc1coc(-c2ccc(F)cc2)n1. The Morgan fingerprint density at radius 3 is 2.61 bits per heavy atom. The van der Waals surface area contributed by atoms with E-state index in [4.69, 9.17) is 8.94 Å². The summed E-state index contributed by atoms with van der Waals surface area (Å²) in [5, 5.41) is 10.7. The average molecular weight is 428 g/mol. The third-order valence-electron chi connectivity index (χ3n) is 5.03. The number of aromatic nitrogens is 2. The van der Waals surface area contributed by atoms with E-state index in [0.29, 0.717) is 37.3 Å². The molecular weight excluding hydrogens is 397 g/mol. The summed E-state index contributed by atoms with van der Waals surface area (Å²) in [6.07, 6.45) is 4.37. The molecule has 0 aliphatic carbocycles. The highest BCUT2D eigenvalue weighted by atomic mass is 19.1. The zero-order valence-electron chi connectivity index (χ0n) is 18.3. The van der Waals surface area contributed by atoms with Crippen LogP contribution in [0.15, 0.2) is 50.5 Å². The van der Waals surface area contributed by atoms with E-state index in [1.807, 2.05) is 13.0 Å². The van der Waals surface area contributed by atoms with Gasteiger partial charge in [0.25, 0.3) is 0 Å². The molecule has 0 atom stereocenters. The molecular formula is C23H30FN5O2. The first-order valence-electron chi connectivity index (χ1n) is 10.8. The summed E-state index contributed by atoms with van der Waals surface area (Å²) >= 11 is 0. The smallest absolute Gasteiger partial charge is 0.226 e. The molecule has 2 N–H and O–H groups in total. The van der Waals surface area contributed by atoms with E-state index in [1.54, 1.807) is 18.4 Å². The third-order valence-corrected chi connectivity index (χ3v) is 5.03. The lowest BCUT2D eigenvalue weighted by atomic mass is 9.99. The topological polar surface area (TPSA) is 88.5 Å². The number of hydrogen-bond acceptors (Lipinski definition) is 5. The van der Waals surface area contributed by atoms with Crippen molar-refractivity contribution in [2.75, 3.05) is 13.1 Å². The summed E-state index contributed by atoms with van der Waals surface area (Å²) in [6.45, 7) is 8.14. The zero-order chi connectivity index (χ0) is 22.1.